The van der Waals surface area contributed by atoms with Crippen LogP contribution in [0.1, 0.15) is 22.3 Å². The smallest absolute Gasteiger partial charge is 0.306 e. The summed E-state index contributed by atoms with van der Waals surface area (Å²) >= 11 is 0. The summed E-state index contributed by atoms with van der Waals surface area (Å²) in [5.74, 6) is 0. The van der Waals surface area contributed by atoms with Gasteiger partial charge in [0, 0.05) is 0 Å². The lowest BCUT2D eigenvalue weighted by Gasteiger charge is -2.06. The summed E-state index contributed by atoms with van der Waals surface area (Å²) < 4.78 is 22.2. The van der Waals surface area contributed by atoms with Gasteiger partial charge in [0.2, 0.25) is 0 Å². The largest absolute Gasteiger partial charge is 0.319 e. The molecule has 0 unspecified atom stereocenters. The van der Waals surface area contributed by atoms with Gasteiger partial charge in [0.1, 0.15) is 0 Å². The first-order valence-corrected chi connectivity index (χ1v) is 8.16. The Morgan fingerprint density at radius 3 is 1.45 bits per heavy atom. The molecule has 0 spiro atoms. The molecular weight excluding hydrogens is 295 g/mol. The summed E-state index contributed by atoms with van der Waals surface area (Å²) in [6.07, 6.45) is 3.54. The van der Waals surface area contributed by atoms with E-state index in [1.54, 1.807) is 12.2 Å². The Kier molecular flexibility index (Phi) is 6.35. The van der Waals surface area contributed by atoms with Crippen molar-refractivity contribution in [3.63, 3.8) is 0 Å². The van der Waals surface area contributed by atoms with E-state index < -0.39 is 8.25 Å². The standard InChI is InChI=1S/C18H19O3P/c1-3-15-5-9-17(10-6-15)13-20-22(19)21-14-18-11-7-16(4-2)8-12-18/h3-12,22H,1-2,13-14H2. The SMILES string of the molecule is C=Cc1ccc(CO[PH](=O)OCc2ccc(C=C)cc2)cc1. The van der Waals surface area contributed by atoms with Crippen molar-refractivity contribution in [1.82, 2.24) is 0 Å². The zero-order chi connectivity index (χ0) is 15.8. The van der Waals surface area contributed by atoms with Gasteiger partial charge in [0.15, 0.2) is 0 Å². The van der Waals surface area contributed by atoms with Crippen LogP contribution < -0.4 is 0 Å². The van der Waals surface area contributed by atoms with Gasteiger partial charge in [-0.1, -0.05) is 73.8 Å². The zero-order valence-electron chi connectivity index (χ0n) is 12.3. The summed E-state index contributed by atoms with van der Waals surface area (Å²) in [5, 5.41) is 0. The average Bonchev–Trinajstić information content (AvgIpc) is 2.59. The van der Waals surface area contributed by atoms with Crippen molar-refractivity contribution >= 4 is 20.4 Å². The number of benzene rings is 2. The first kappa shape index (κ1) is 16.4. The van der Waals surface area contributed by atoms with E-state index in [2.05, 4.69) is 13.2 Å². The van der Waals surface area contributed by atoms with Crippen LogP contribution in [0.25, 0.3) is 12.2 Å². The van der Waals surface area contributed by atoms with E-state index >= 15 is 0 Å². The van der Waals surface area contributed by atoms with Crippen LogP contribution in [0.5, 0.6) is 0 Å². The molecule has 3 nitrogen and oxygen atoms in total. The quantitative estimate of drug-likeness (QED) is 0.636. The highest BCUT2D eigenvalue weighted by molar-refractivity contribution is 7.33. The topological polar surface area (TPSA) is 35.5 Å². The molecule has 0 fully saturated rings. The van der Waals surface area contributed by atoms with E-state index in [9.17, 15) is 4.57 Å². The van der Waals surface area contributed by atoms with Crippen LogP contribution in [-0.4, -0.2) is 0 Å². The van der Waals surface area contributed by atoms with Crippen molar-refractivity contribution in [2.24, 2.45) is 0 Å². The molecule has 22 heavy (non-hydrogen) atoms. The normalized spacial score (nSPS) is 10.6. The first-order chi connectivity index (χ1) is 10.7. The van der Waals surface area contributed by atoms with Gasteiger partial charge < -0.3 is 9.05 Å². The maximum atomic E-state index is 11.7. The molecule has 0 amide bonds. The fourth-order valence-corrected chi connectivity index (χ4v) is 2.48. The second kappa shape index (κ2) is 8.50. The van der Waals surface area contributed by atoms with Crippen LogP contribution in [0.4, 0.5) is 0 Å². The Bertz CT molecular complexity index is 588. The van der Waals surface area contributed by atoms with Crippen LogP contribution >= 0.6 is 8.25 Å². The summed E-state index contributed by atoms with van der Waals surface area (Å²) in [4.78, 5) is 0. The number of rotatable bonds is 8. The average molecular weight is 314 g/mol. The lowest BCUT2D eigenvalue weighted by molar-refractivity contribution is 0.213. The van der Waals surface area contributed by atoms with E-state index in [0.29, 0.717) is 0 Å². The molecule has 0 saturated carbocycles. The Hall–Kier alpha value is -1.93. The molecule has 2 aromatic rings. The lowest BCUT2D eigenvalue weighted by Crippen LogP contribution is -1.90. The third-order valence-electron chi connectivity index (χ3n) is 3.14. The molecule has 0 atom stereocenters. The maximum Gasteiger partial charge on any atom is 0.319 e. The van der Waals surface area contributed by atoms with Gasteiger partial charge in [-0.15, -0.1) is 0 Å². The highest BCUT2D eigenvalue weighted by Crippen LogP contribution is 2.27. The van der Waals surface area contributed by atoms with Gasteiger partial charge in [0.05, 0.1) is 13.2 Å². The van der Waals surface area contributed by atoms with Crippen LogP contribution in [-0.2, 0) is 26.8 Å². The maximum absolute atomic E-state index is 11.7. The highest BCUT2D eigenvalue weighted by atomic mass is 31.1. The predicted molar refractivity (Wildman–Crippen MR) is 91.6 cm³/mol. The Labute approximate surface area is 131 Å². The van der Waals surface area contributed by atoms with E-state index in [-0.39, 0.29) is 13.2 Å². The molecule has 0 aliphatic carbocycles. The van der Waals surface area contributed by atoms with Gasteiger partial charge in [-0.05, 0) is 22.3 Å². The van der Waals surface area contributed by atoms with Crippen LogP contribution in [0.15, 0.2) is 61.7 Å². The molecule has 0 bridgehead atoms. The Morgan fingerprint density at radius 1 is 0.773 bits per heavy atom. The third kappa shape index (κ3) is 5.12. The highest BCUT2D eigenvalue weighted by Gasteiger charge is 2.02. The van der Waals surface area contributed by atoms with Gasteiger partial charge in [-0.3, -0.25) is 4.57 Å². The van der Waals surface area contributed by atoms with E-state index in [1.807, 2.05) is 48.5 Å². The second-order valence-electron chi connectivity index (χ2n) is 4.72. The minimum Gasteiger partial charge on any atom is -0.306 e. The van der Waals surface area contributed by atoms with E-state index in [0.717, 1.165) is 22.3 Å². The molecule has 0 aliphatic rings. The third-order valence-corrected chi connectivity index (χ3v) is 3.90. The summed E-state index contributed by atoms with van der Waals surface area (Å²) in [6.45, 7) is 7.93. The molecule has 4 heteroatoms. The minimum atomic E-state index is -2.51. The number of hydrogen-bond donors (Lipinski definition) is 0. The lowest BCUT2D eigenvalue weighted by atomic mass is 10.1. The van der Waals surface area contributed by atoms with Crippen LogP contribution in [0.2, 0.25) is 0 Å². The summed E-state index contributed by atoms with van der Waals surface area (Å²) in [6, 6.07) is 15.4. The van der Waals surface area contributed by atoms with Crippen molar-refractivity contribution < 1.29 is 13.6 Å². The van der Waals surface area contributed by atoms with Crippen molar-refractivity contribution in [3.8, 4) is 0 Å². The molecule has 2 rings (SSSR count). The molecule has 0 aliphatic heterocycles. The van der Waals surface area contributed by atoms with E-state index in [1.165, 1.54) is 0 Å². The summed E-state index contributed by atoms with van der Waals surface area (Å²) in [7, 11) is -2.51. The second-order valence-corrected chi connectivity index (χ2v) is 5.80. The minimum absolute atomic E-state index is 0.268. The monoisotopic (exact) mass is 314 g/mol. The van der Waals surface area contributed by atoms with Gasteiger partial charge in [0.25, 0.3) is 0 Å². The molecule has 0 aromatic heterocycles. The molecule has 0 radical (unpaired) electrons. The van der Waals surface area contributed by atoms with Crippen molar-refractivity contribution in [2.75, 3.05) is 0 Å². The molecule has 114 valence electrons. The summed E-state index contributed by atoms with van der Waals surface area (Å²) in [5.41, 5.74) is 3.97. The van der Waals surface area contributed by atoms with Gasteiger partial charge in [-0.25, -0.2) is 0 Å². The molecule has 2 aromatic carbocycles. The fraction of sp³-hybridized carbons (Fsp3) is 0.111. The van der Waals surface area contributed by atoms with Crippen LogP contribution in [0.3, 0.4) is 0 Å². The van der Waals surface area contributed by atoms with Gasteiger partial charge in [-0.2, -0.15) is 0 Å². The Balaban J connectivity index is 1.77. The van der Waals surface area contributed by atoms with E-state index in [4.69, 9.17) is 9.05 Å². The molecule has 0 N–H and O–H groups in total. The molecular formula is C18H19O3P. The molecule has 0 saturated heterocycles. The van der Waals surface area contributed by atoms with Crippen molar-refractivity contribution in [2.45, 2.75) is 13.2 Å². The number of hydrogen-bond acceptors (Lipinski definition) is 3. The zero-order valence-corrected chi connectivity index (χ0v) is 13.3. The first-order valence-electron chi connectivity index (χ1n) is 6.93. The van der Waals surface area contributed by atoms with Gasteiger partial charge >= 0.3 is 8.25 Å². The fourth-order valence-electron chi connectivity index (χ4n) is 1.83. The van der Waals surface area contributed by atoms with Crippen molar-refractivity contribution in [1.29, 1.82) is 0 Å². The van der Waals surface area contributed by atoms with Crippen LogP contribution in [0, 0.1) is 0 Å². The predicted octanol–water partition coefficient (Wildman–Crippen LogP) is 5.10. The Morgan fingerprint density at radius 2 is 1.14 bits per heavy atom. The molecule has 0 heterocycles. The van der Waals surface area contributed by atoms with Crippen molar-refractivity contribution in [3.05, 3.63) is 83.9 Å².